The summed E-state index contributed by atoms with van der Waals surface area (Å²) in [6, 6.07) is 6.52. The van der Waals surface area contributed by atoms with Crippen LogP contribution in [0.2, 0.25) is 0 Å². The van der Waals surface area contributed by atoms with Crippen molar-refractivity contribution in [1.82, 2.24) is 10.3 Å². The second-order valence-electron chi connectivity index (χ2n) is 7.69. The number of carbonyl (C=O) groups is 2. The van der Waals surface area contributed by atoms with E-state index in [1.54, 1.807) is 0 Å². The molecule has 0 aliphatic carbocycles. The Bertz CT molecular complexity index is 977. The van der Waals surface area contributed by atoms with Gasteiger partial charge in [0.2, 0.25) is 5.91 Å². The van der Waals surface area contributed by atoms with Gasteiger partial charge in [-0.1, -0.05) is 20.8 Å². The molecule has 2 rings (SSSR count). The molecule has 29 heavy (non-hydrogen) atoms. The Labute approximate surface area is 168 Å². The van der Waals surface area contributed by atoms with Gasteiger partial charge in [0.25, 0.3) is 5.91 Å². The van der Waals surface area contributed by atoms with E-state index in [4.69, 9.17) is 5.26 Å². The predicted molar refractivity (Wildman–Crippen MR) is 106 cm³/mol. The van der Waals surface area contributed by atoms with Crippen molar-refractivity contribution in [2.45, 2.75) is 45.6 Å². The van der Waals surface area contributed by atoms with Gasteiger partial charge in [0.15, 0.2) is 0 Å². The summed E-state index contributed by atoms with van der Waals surface area (Å²) in [7, 11) is 0. The molecule has 0 saturated carbocycles. The van der Waals surface area contributed by atoms with Crippen molar-refractivity contribution in [1.29, 1.82) is 5.26 Å². The number of amides is 2. The first kappa shape index (κ1) is 21.8. The van der Waals surface area contributed by atoms with E-state index in [1.165, 1.54) is 37.4 Å². The van der Waals surface area contributed by atoms with Crippen LogP contribution in [-0.4, -0.2) is 27.9 Å². The van der Waals surface area contributed by atoms with Crippen molar-refractivity contribution in [3.8, 4) is 11.8 Å². The van der Waals surface area contributed by atoms with Gasteiger partial charge in [-0.3, -0.25) is 14.6 Å². The summed E-state index contributed by atoms with van der Waals surface area (Å²) in [6.45, 7) is 7.08. The van der Waals surface area contributed by atoms with Crippen molar-refractivity contribution in [2.24, 2.45) is 0 Å². The molecule has 0 radical (unpaired) electrons. The van der Waals surface area contributed by atoms with Gasteiger partial charge in [0.05, 0.1) is 12.5 Å². The first-order valence-corrected chi connectivity index (χ1v) is 8.99. The quantitative estimate of drug-likeness (QED) is 0.716. The first-order chi connectivity index (χ1) is 13.5. The average Bonchev–Trinajstić information content (AvgIpc) is 2.63. The minimum absolute atomic E-state index is 0.0308. The van der Waals surface area contributed by atoms with Crippen molar-refractivity contribution < 1.29 is 19.1 Å². The number of phenolic OH excluding ortho intramolecular Hbond substituents is 1. The number of aromatic hydroxyl groups is 1. The number of hydrogen-bond acceptors (Lipinski definition) is 5. The molecule has 3 N–H and O–H groups in total. The molecule has 0 unspecified atom stereocenters. The second kappa shape index (κ2) is 8.69. The van der Waals surface area contributed by atoms with Crippen LogP contribution in [0.4, 0.5) is 10.1 Å². The van der Waals surface area contributed by atoms with Crippen LogP contribution >= 0.6 is 0 Å². The molecule has 0 aliphatic rings. The van der Waals surface area contributed by atoms with Crippen molar-refractivity contribution in [2.75, 3.05) is 5.32 Å². The van der Waals surface area contributed by atoms with Gasteiger partial charge in [-0.05, 0) is 36.6 Å². The van der Waals surface area contributed by atoms with E-state index in [-0.39, 0.29) is 23.4 Å². The van der Waals surface area contributed by atoms with Gasteiger partial charge in [0, 0.05) is 23.0 Å². The van der Waals surface area contributed by atoms with Crippen LogP contribution in [0, 0.1) is 17.1 Å². The van der Waals surface area contributed by atoms with Crippen LogP contribution in [0.5, 0.6) is 5.75 Å². The summed E-state index contributed by atoms with van der Waals surface area (Å²) in [4.78, 5) is 28.2. The second-order valence-corrected chi connectivity index (χ2v) is 7.69. The molecule has 0 fully saturated rings. The molecule has 1 aromatic heterocycles. The third kappa shape index (κ3) is 5.75. The predicted octanol–water partition coefficient (Wildman–Crippen LogP) is 3.05. The number of pyridine rings is 1. The Morgan fingerprint density at radius 2 is 2.00 bits per heavy atom. The van der Waals surface area contributed by atoms with E-state index in [9.17, 15) is 19.1 Å². The number of phenols is 1. The molecule has 8 heteroatoms. The molecule has 1 heterocycles. The highest BCUT2D eigenvalue weighted by Gasteiger charge is 2.21. The van der Waals surface area contributed by atoms with Crippen LogP contribution in [0.25, 0.3) is 0 Å². The molecule has 1 atom stereocenters. The number of rotatable bonds is 5. The average molecular weight is 398 g/mol. The topological polar surface area (TPSA) is 115 Å². The molecular weight excluding hydrogens is 375 g/mol. The van der Waals surface area contributed by atoms with E-state index in [0.717, 1.165) is 0 Å². The van der Waals surface area contributed by atoms with Gasteiger partial charge >= 0.3 is 0 Å². The number of nitrogens with one attached hydrogen (secondary N) is 2. The molecule has 2 aromatic rings. The minimum atomic E-state index is -0.686. The van der Waals surface area contributed by atoms with Crippen molar-refractivity contribution in [3.05, 3.63) is 53.1 Å². The van der Waals surface area contributed by atoms with E-state index in [0.29, 0.717) is 11.3 Å². The SMILES string of the molecule is C[C@@H](C#N)NC(=O)c1cc(NC(=O)Cc2cc(O)c(C(C)(C)C)cc2F)ccn1. The summed E-state index contributed by atoms with van der Waals surface area (Å²) < 4.78 is 14.4. The molecule has 0 spiro atoms. The third-order valence-electron chi connectivity index (χ3n) is 4.14. The summed E-state index contributed by atoms with van der Waals surface area (Å²) in [5, 5.41) is 23.9. The first-order valence-electron chi connectivity index (χ1n) is 8.99. The maximum Gasteiger partial charge on any atom is 0.270 e. The maximum atomic E-state index is 14.4. The molecule has 152 valence electrons. The van der Waals surface area contributed by atoms with Crippen LogP contribution in [-0.2, 0) is 16.6 Å². The highest BCUT2D eigenvalue weighted by molar-refractivity contribution is 5.96. The van der Waals surface area contributed by atoms with Gasteiger partial charge in [0.1, 0.15) is 23.3 Å². The van der Waals surface area contributed by atoms with Crippen LogP contribution in [0.15, 0.2) is 30.5 Å². The van der Waals surface area contributed by atoms with Crippen LogP contribution in [0.3, 0.4) is 0 Å². The smallest absolute Gasteiger partial charge is 0.270 e. The molecule has 7 nitrogen and oxygen atoms in total. The fourth-order valence-electron chi connectivity index (χ4n) is 2.65. The number of hydrogen-bond donors (Lipinski definition) is 3. The zero-order valence-electron chi connectivity index (χ0n) is 16.7. The van der Waals surface area contributed by atoms with Crippen molar-refractivity contribution >= 4 is 17.5 Å². The Hall–Kier alpha value is -3.47. The third-order valence-corrected chi connectivity index (χ3v) is 4.14. The monoisotopic (exact) mass is 398 g/mol. The Kier molecular flexibility index (Phi) is 6.54. The Morgan fingerprint density at radius 1 is 1.31 bits per heavy atom. The molecule has 0 bridgehead atoms. The van der Waals surface area contributed by atoms with Gasteiger partial charge < -0.3 is 15.7 Å². The summed E-state index contributed by atoms with van der Waals surface area (Å²) >= 11 is 0. The molecule has 0 saturated heterocycles. The zero-order valence-corrected chi connectivity index (χ0v) is 16.7. The van der Waals surface area contributed by atoms with E-state index < -0.39 is 29.1 Å². The lowest BCUT2D eigenvalue weighted by atomic mass is 9.85. The van der Waals surface area contributed by atoms with Crippen molar-refractivity contribution in [3.63, 3.8) is 0 Å². The minimum Gasteiger partial charge on any atom is -0.508 e. The number of nitrogens with zero attached hydrogens (tertiary/aromatic N) is 2. The molecule has 1 aromatic carbocycles. The van der Waals surface area contributed by atoms with Gasteiger partial charge in [-0.25, -0.2) is 4.39 Å². The Morgan fingerprint density at radius 3 is 2.62 bits per heavy atom. The van der Waals surface area contributed by atoms with E-state index >= 15 is 0 Å². The van der Waals surface area contributed by atoms with E-state index in [1.807, 2.05) is 26.8 Å². The highest BCUT2D eigenvalue weighted by Crippen LogP contribution is 2.32. The lowest BCUT2D eigenvalue weighted by Crippen LogP contribution is -2.32. The van der Waals surface area contributed by atoms with Crippen LogP contribution < -0.4 is 10.6 Å². The lowest BCUT2D eigenvalue weighted by Gasteiger charge is -2.21. The number of nitriles is 1. The highest BCUT2D eigenvalue weighted by atomic mass is 19.1. The number of anilines is 1. The largest absolute Gasteiger partial charge is 0.508 e. The number of carbonyl (C=O) groups excluding carboxylic acids is 2. The lowest BCUT2D eigenvalue weighted by molar-refractivity contribution is -0.115. The van der Waals surface area contributed by atoms with Gasteiger partial charge in [-0.15, -0.1) is 0 Å². The van der Waals surface area contributed by atoms with Crippen LogP contribution in [0.1, 0.15) is 49.3 Å². The molecular formula is C21H23FN4O3. The standard InChI is InChI=1S/C21H23FN4O3/c1-12(11-23)25-20(29)17-9-14(5-6-24-17)26-19(28)8-13-7-18(27)15(10-16(13)22)21(2,3)4/h5-7,9-10,12,27H,8H2,1-4H3,(H,25,29)(H,24,26,28)/t12-/m0/s1. The zero-order chi connectivity index (χ0) is 21.8. The summed E-state index contributed by atoms with van der Waals surface area (Å²) in [5.41, 5.74) is 0.403. The fraction of sp³-hybridized carbons (Fsp3) is 0.333. The molecule has 2 amide bonds. The summed E-state index contributed by atoms with van der Waals surface area (Å²) in [5.74, 6) is -1.72. The molecule has 0 aliphatic heterocycles. The number of aromatic nitrogens is 1. The summed E-state index contributed by atoms with van der Waals surface area (Å²) in [6.07, 6.45) is 1.05. The normalized spacial score (nSPS) is 12.0. The number of halogens is 1. The maximum absolute atomic E-state index is 14.4. The number of benzene rings is 1. The van der Waals surface area contributed by atoms with E-state index in [2.05, 4.69) is 15.6 Å². The van der Waals surface area contributed by atoms with Gasteiger partial charge in [-0.2, -0.15) is 5.26 Å². The Balaban J connectivity index is 2.12. The fourth-order valence-corrected chi connectivity index (χ4v) is 2.65.